The smallest absolute Gasteiger partial charge is 0.341 e. The second-order valence-electron chi connectivity index (χ2n) is 4.57. The van der Waals surface area contributed by atoms with Gasteiger partial charge in [0.05, 0.1) is 12.8 Å². The van der Waals surface area contributed by atoms with Crippen LogP contribution in [0.3, 0.4) is 0 Å². The molecule has 2 rings (SSSR count). The van der Waals surface area contributed by atoms with E-state index in [1.165, 1.54) is 13.2 Å². The number of rotatable bonds is 4. The highest BCUT2D eigenvalue weighted by molar-refractivity contribution is 5.88. The molecule has 110 valence electrons. The van der Waals surface area contributed by atoms with Crippen molar-refractivity contribution in [2.75, 3.05) is 7.11 Å². The van der Waals surface area contributed by atoms with Crippen molar-refractivity contribution in [3.05, 3.63) is 45.7 Å². The molecule has 21 heavy (non-hydrogen) atoms. The van der Waals surface area contributed by atoms with E-state index < -0.39 is 11.5 Å². The maximum absolute atomic E-state index is 11.9. The molecule has 0 atom stereocenters. The number of benzene rings is 1. The molecule has 1 heterocycles. The Bertz CT molecular complexity index is 750. The molecular formula is C15H16N2O4. The zero-order valence-electron chi connectivity index (χ0n) is 12.1. The molecule has 0 saturated carbocycles. The number of carbonyl (C=O) groups is 1. The van der Waals surface area contributed by atoms with Gasteiger partial charge in [0.1, 0.15) is 11.3 Å². The highest BCUT2D eigenvalue weighted by Gasteiger charge is 2.17. The third-order valence-corrected chi connectivity index (χ3v) is 3.14. The average Bonchev–Trinajstić information content (AvgIpc) is 2.47. The van der Waals surface area contributed by atoms with Gasteiger partial charge in [0.2, 0.25) is 0 Å². The number of carboxylic acids is 1. The molecule has 0 unspecified atom stereocenters. The fourth-order valence-electron chi connectivity index (χ4n) is 2.06. The lowest BCUT2D eigenvalue weighted by molar-refractivity contribution is 0.0693. The summed E-state index contributed by atoms with van der Waals surface area (Å²) in [5, 5.41) is 13.4. The third-order valence-electron chi connectivity index (χ3n) is 3.14. The Hall–Kier alpha value is -2.63. The lowest BCUT2D eigenvalue weighted by Gasteiger charge is -2.11. The van der Waals surface area contributed by atoms with Crippen molar-refractivity contribution in [3.63, 3.8) is 0 Å². The van der Waals surface area contributed by atoms with Crippen LogP contribution in [0.2, 0.25) is 0 Å². The van der Waals surface area contributed by atoms with Crippen LogP contribution in [0, 0.1) is 6.92 Å². The summed E-state index contributed by atoms with van der Waals surface area (Å²) in [6.45, 7) is 3.94. The molecule has 2 aromatic rings. The SMILES string of the molecule is CCn1nc(-c2cc(C)ccc2OC)cc(C(=O)O)c1=O. The molecule has 0 radical (unpaired) electrons. The summed E-state index contributed by atoms with van der Waals surface area (Å²) in [6.07, 6.45) is 0. The number of carboxylic acid groups (broad SMARTS) is 1. The van der Waals surface area contributed by atoms with Crippen LogP contribution < -0.4 is 10.3 Å². The van der Waals surface area contributed by atoms with E-state index in [1.807, 2.05) is 19.1 Å². The molecule has 0 saturated heterocycles. The molecule has 1 aromatic carbocycles. The van der Waals surface area contributed by atoms with E-state index in [1.54, 1.807) is 13.0 Å². The maximum atomic E-state index is 11.9. The number of aromatic carboxylic acids is 1. The molecule has 1 N–H and O–H groups in total. The minimum Gasteiger partial charge on any atom is -0.496 e. The molecule has 0 bridgehead atoms. The van der Waals surface area contributed by atoms with Gasteiger partial charge in [-0.25, -0.2) is 9.48 Å². The van der Waals surface area contributed by atoms with Gasteiger partial charge in [-0.1, -0.05) is 11.6 Å². The topological polar surface area (TPSA) is 81.4 Å². The Morgan fingerprint density at radius 1 is 1.38 bits per heavy atom. The fourth-order valence-corrected chi connectivity index (χ4v) is 2.06. The molecular weight excluding hydrogens is 272 g/mol. The Morgan fingerprint density at radius 3 is 2.67 bits per heavy atom. The maximum Gasteiger partial charge on any atom is 0.341 e. The van der Waals surface area contributed by atoms with E-state index in [0.29, 0.717) is 23.6 Å². The number of hydrogen-bond acceptors (Lipinski definition) is 4. The molecule has 1 aromatic heterocycles. The van der Waals surface area contributed by atoms with Crippen molar-refractivity contribution in [2.45, 2.75) is 20.4 Å². The van der Waals surface area contributed by atoms with Gasteiger partial charge >= 0.3 is 5.97 Å². The molecule has 0 aliphatic carbocycles. The predicted molar refractivity (Wildman–Crippen MR) is 77.9 cm³/mol. The van der Waals surface area contributed by atoms with Gasteiger partial charge in [-0.05, 0) is 32.0 Å². The zero-order chi connectivity index (χ0) is 15.6. The summed E-state index contributed by atoms with van der Waals surface area (Å²) in [4.78, 5) is 23.2. The molecule has 0 aliphatic heterocycles. The second-order valence-corrected chi connectivity index (χ2v) is 4.57. The summed E-state index contributed by atoms with van der Waals surface area (Å²) in [5.74, 6) is -0.691. The zero-order valence-corrected chi connectivity index (χ0v) is 12.1. The first-order valence-corrected chi connectivity index (χ1v) is 6.48. The predicted octanol–water partition coefficient (Wildman–Crippen LogP) is 1.95. The van der Waals surface area contributed by atoms with Crippen LogP contribution in [0.1, 0.15) is 22.8 Å². The van der Waals surface area contributed by atoms with Crippen molar-refractivity contribution in [1.29, 1.82) is 0 Å². The number of nitrogens with zero attached hydrogens (tertiary/aromatic N) is 2. The van der Waals surface area contributed by atoms with Gasteiger partial charge in [-0.15, -0.1) is 0 Å². The van der Waals surface area contributed by atoms with E-state index in [-0.39, 0.29) is 5.56 Å². The Labute approximate surface area is 121 Å². The summed E-state index contributed by atoms with van der Waals surface area (Å²) >= 11 is 0. The monoisotopic (exact) mass is 288 g/mol. The van der Waals surface area contributed by atoms with E-state index in [4.69, 9.17) is 9.84 Å². The van der Waals surface area contributed by atoms with E-state index >= 15 is 0 Å². The number of ether oxygens (including phenoxy) is 1. The van der Waals surface area contributed by atoms with E-state index in [9.17, 15) is 9.59 Å². The highest BCUT2D eigenvalue weighted by atomic mass is 16.5. The summed E-state index contributed by atoms with van der Waals surface area (Å²) < 4.78 is 6.42. The molecule has 6 heteroatoms. The van der Waals surface area contributed by atoms with Gasteiger partial charge in [0.25, 0.3) is 5.56 Å². The van der Waals surface area contributed by atoms with E-state index in [0.717, 1.165) is 10.2 Å². The molecule has 0 aliphatic rings. The van der Waals surface area contributed by atoms with Crippen LogP contribution in [0.15, 0.2) is 29.1 Å². The van der Waals surface area contributed by atoms with Crippen molar-refractivity contribution < 1.29 is 14.6 Å². The van der Waals surface area contributed by atoms with Crippen molar-refractivity contribution in [1.82, 2.24) is 9.78 Å². The quantitative estimate of drug-likeness (QED) is 0.929. The van der Waals surface area contributed by atoms with Crippen molar-refractivity contribution in [2.24, 2.45) is 0 Å². The molecule has 6 nitrogen and oxygen atoms in total. The summed E-state index contributed by atoms with van der Waals surface area (Å²) in [5.41, 5.74) is 1.13. The van der Waals surface area contributed by atoms with Gasteiger partial charge in [-0.2, -0.15) is 5.10 Å². The standard InChI is InChI=1S/C15H16N2O4/c1-4-17-14(18)11(15(19)20)8-12(16-17)10-7-9(2)5-6-13(10)21-3/h5-8H,4H2,1-3H3,(H,19,20). The van der Waals surface area contributed by atoms with Gasteiger partial charge < -0.3 is 9.84 Å². The van der Waals surface area contributed by atoms with Crippen LogP contribution in [-0.2, 0) is 6.54 Å². The summed E-state index contributed by atoms with van der Waals surface area (Å²) in [6, 6.07) is 6.80. The molecule has 0 fully saturated rings. The van der Waals surface area contributed by atoms with Crippen molar-refractivity contribution >= 4 is 5.97 Å². The lowest BCUT2D eigenvalue weighted by Crippen LogP contribution is -2.28. The Balaban J connectivity index is 2.75. The average molecular weight is 288 g/mol. The molecule has 0 amide bonds. The van der Waals surface area contributed by atoms with Gasteiger partial charge in [-0.3, -0.25) is 4.79 Å². The van der Waals surface area contributed by atoms with Crippen LogP contribution in [0.4, 0.5) is 0 Å². The fraction of sp³-hybridized carbons (Fsp3) is 0.267. The van der Waals surface area contributed by atoms with Gasteiger partial charge in [0, 0.05) is 12.1 Å². The van der Waals surface area contributed by atoms with Crippen LogP contribution in [-0.4, -0.2) is 28.0 Å². The number of aryl methyl sites for hydroxylation is 2. The minimum absolute atomic E-state index is 0.293. The van der Waals surface area contributed by atoms with E-state index in [2.05, 4.69) is 5.10 Å². The lowest BCUT2D eigenvalue weighted by atomic mass is 10.1. The Morgan fingerprint density at radius 2 is 2.10 bits per heavy atom. The van der Waals surface area contributed by atoms with Crippen LogP contribution >= 0.6 is 0 Å². The number of aromatic nitrogens is 2. The van der Waals surface area contributed by atoms with Gasteiger partial charge in [0.15, 0.2) is 0 Å². The Kier molecular flexibility index (Phi) is 4.07. The normalized spacial score (nSPS) is 10.4. The number of hydrogen-bond donors (Lipinski definition) is 1. The van der Waals surface area contributed by atoms with Crippen molar-refractivity contribution in [3.8, 4) is 17.0 Å². The highest BCUT2D eigenvalue weighted by Crippen LogP contribution is 2.29. The van der Waals surface area contributed by atoms with Crippen LogP contribution in [0.5, 0.6) is 5.75 Å². The molecule has 0 spiro atoms. The minimum atomic E-state index is -1.27. The second kappa shape index (κ2) is 5.78. The first-order chi connectivity index (χ1) is 9.97. The third kappa shape index (κ3) is 2.79. The first kappa shape index (κ1) is 14.8. The first-order valence-electron chi connectivity index (χ1n) is 6.48. The number of methoxy groups -OCH3 is 1. The van der Waals surface area contributed by atoms with Crippen LogP contribution in [0.25, 0.3) is 11.3 Å². The summed E-state index contributed by atoms with van der Waals surface area (Å²) in [7, 11) is 1.53. The largest absolute Gasteiger partial charge is 0.496 e.